The first-order valence-electron chi connectivity index (χ1n) is 12.7. The first-order valence-corrected chi connectivity index (χ1v) is 12.7. The summed E-state index contributed by atoms with van der Waals surface area (Å²) in [7, 11) is 0. The smallest absolute Gasteiger partial charge is 0.0795 e. The van der Waals surface area contributed by atoms with Crippen LogP contribution in [0.1, 0.15) is 105 Å². The molecule has 0 bridgehead atoms. The van der Waals surface area contributed by atoms with Crippen molar-refractivity contribution < 1.29 is 5.21 Å². The number of fused-ring (bicyclic) bond motifs is 5. The van der Waals surface area contributed by atoms with Gasteiger partial charge in [0.25, 0.3) is 0 Å². The second-order valence-electron chi connectivity index (χ2n) is 12.1. The molecule has 0 amide bonds. The maximum absolute atomic E-state index is 9.27. The fraction of sp³-hybridized carbons (Fsp3) is 0.889. The Hall–Kier alpha value is -0.790. The summed E-state index contributed by atoms with van der Waals surface area (Å²) < 4.78 is 0. The summed E-state index contributed by atoms with van der Waals surface area (Å²) in [6.45, 7) is 12.5. The van der Waals surface area contributed by atoms with Gasteiger partial charge in [-0.1, -0.05) is 64.6 Å². The number of hydrogen-bond acceptors (Lipinski definition) is 2. The van der Waals surface area contributed by atoms with E-state index in [2.05, 4.69) is 45.9 Å². The summed E-state index contributed by atoms with van der Waals surface area (Å²) in [4.78, 5) is 0. The van der Waals surface area contributed by atoms with Gasteiger partial charge in [0.1, 0.15) is 0 Å². The second-order valence-corrected chi connectivity index (χ2v) is 12.1. The Morgan fingerprint density at radius 1 is 1.00 bits per heavy atom. The van der Waals surface area contributed by atoms with Crippen molar-refractivity contribution in [1.82, 2.24) is 0 Å². The van der Waals surface area contributed by atoms with E-state index in [4.69, 9.17) is 0 Å². The third-order valence-corrected chi connectivity index (χ3v) is 10.3. The van der Waals surface area contributed by atoms with Crippen molar-refractivity contribution in [3.63, 3.8) is 0 Å². The molecule has 4 aliphatic rings. The summed E-state index contributed by atoms with van der Waals surface area (Å²) in [5, 5.41) is 12.8. The van der Waals surface area contributed by atoms with E-state index >= 15 is 0 Å². The lowest BCUT2D eigenvalue weighted by Crippen LogP contribution is -2.51. The van der Waals surface area contributed by atoms with Gasteiger partial charge in [-0.2, -0.15) is 0 Å². The van der Waals surface area contributed by atoms with Gasteiger partial charge in [-0.25, -0.2) is 0 Å². The van der Waals surface area contributed by atoms with Crippen molar-refractivity contribution in [2.75, 3.05) is 0 Å². The Bertz CT molecular complexity index is 663. The van der Waals surface area contributed by atoms with E-state index in [0.29, 0.717) is 10.8 Å². The molecule has 0 saturated heterocycles. The highest BCUT2D eigenvalue weighted by Crippen LogP contribution is 2.67. The average molecular weight is 400 g/mol. The van der Waals surface area contributed by atoms with Gasteiger partial charge in [-0.3, -0.25) is 0 Å². The van der Waals surface area contributed by atoms with Crippen LogP contribution in [-0.4, -0.2) is 10.9 Å². The van der Waals surface area contributed by atoms with Crippen LogP contribution in [0.2, 0.25) is 0 Å². The van der Waals surface area contributed by atoms with Crippen LogP contribution in [0.5, 0.6) is 0 Å². The maximum Gasteiger partial charge on any atom is 0.0795 e. The van der Waals surface area contributed by atoms with Crippen molar-refractivity contribution in [2.45, 2.75) is 105 Å². The Labute approximate surface area is 179 Å². The van der Waals surface area contributed by atoms with Crippen LogP contribution in [0.25, 0.3) is 0 Å². The van der Waals surface area contributed by atoms with Gasteiger partial charge < -0.3 is 5.21 Å². The summed E-state index contributed by atoms with van der Waals surface area (Å²) in [6, 6.07) is 0. The Morgan fingerprint density at radius 3 is 2.52 bits per heavy atom. The third kappa shape index (κ3) is 3.61. The molecule has 29 heavy (non-hydrogen) atoms. The minimum absolute atomic E-state index is 0.361. The molecule has 3 fully saturated rings. The van der Waals surface area contributed by atoms with Crippen LogP contribution in [0, 0.1) is 46.3 Å². The predicted octanol–water partition coefficient (Wildman–Crippen LogP) is 7.86. The first-order chi connectivity index (χ1) is 13.8. The van der Waals surface area contributed by atoms with Gasteiger partial charge >= 0.3 is 0 Å². The maximum atomic E-state index is 9.27. The molecule has 4 rings (SSSR count). The van der Waals surface area contributed by atoms with Crippen molar-refractivity contribution in [3.8, 4) is 0 Å². The monoisotopic (exact) mass is 399 g/mol. The molecule has 0 heterocycles. The molecule has 3 saturated carbocycles. The van der Waals surface area contributed by atoms with E-state index in [-0.39, 0.29) is 0 Å². The lowest BCUT2D eigenvalue weighted by molar-refractivity contribution is -0.0574. The molecule has 0 aromatic heterocycles. The van der Waals surface area contributed by atoms with Crippen LogP contribution in [0.4, 0.5) is 0 Å². The van der Waals surface area contributed by atoms with E-state index in [1.165, 1.54) is 64.2 Å². The van der Waals surface area contributed by atoms with E-state index in [1.807, 2.05) is 0 Å². The van der Waals surface area contributed by atoms with Gasteiger partial charge in [0.2, 0.25) is 0 Å². The average Bonchev–Trinajstić information content (AvgIpc) is 3.04. The van der Waals surface area contributed by atoms with Gasteiger partial charge in [0.05, 0.1) is 5.71 Å². The zero-order valence-corrected chi connectivity index (χ0v) is 19.7. The van der Waals surface area contributed by atoms with Crippen LogP contribution >= 0.6 is 0 Å². The normalized spacial score (nSPS) is 44.2. The molecule has 0 aromatic rings. The van der Waals surface area contributed by atoms with Crippen LogP contribution in [0.3, 0.4) is 0 Å². The SMILES string of the molecule is CC(C)CCC[C@H](C)[C@H]1CC[C@H]2[C@@H]3CCC4=C/C(=N\O)CC[C@]4(C)[C@H]3CC[C@]12C. The van der Waals surface area contributed by atoms with Crippen LogP contribution < -0.4 is 0 Å². The highest BCUT2D eigenvalue weighted by Gasteiger charge is 2.59. The number of oxime groups is 1. The Balaban J connectivity index is 1.49. The molecule has 4 aliphatic carbocycles. The summed E-state index contributed by atoms with van der Waals surface area (Å²) >= 11 is 0. The fourth-order valence-electron chi connectivity index (χ4n) is 8.67. The quantitative estimate of drug-likeness (QED) is 0.370. The Kier molecular flexibility index (Phi) is 5.95. The van der Waals surface area contributed by atoms with Crippen molar-refractivity contribution in [3.05, 3.63) is 11.6 Å². The largest absolute Gasteiger partial charge is 0.411 e. The van der Waals surface area contributed by atoms with E-state index < -0.39 is 0 Å². The van der Waals surface area contributed by atoms with Gasteiger partial charge in [0.15, 0.2) is 0 Å². The first kappa shape index (κ1) is 21.4. The molecule has 0 spiro atoms. The summed E-state index contributed by atoms with van der Waals surface area (Å²) in [6.07, 6.45) is 17.1. The van der Waals surface area contributed by atoms with Crippen molar-refractivity contribution >= 4 is 5.71 Å². The molecule has 2 heteroatoms. The molecule has 0 aromatic carbocycles. The number of nitrogens with zero attached hydrogens (tertiary/aromatic N) is 1. The van der Waals surface area contributed by atoms with E-state index in [9.17, 15) is 5.21 Å². The van der Waals surface area contributed by atoms with E-state index in [1.54, 1.807) is 5.57 Å². The highest BCUT2D eigenvalue weighted by molar-refractivity contribution is 5.96. The second kappa shape index (κ2) is 8.04. The number of allylic oxidation sites excluding steroid dienone is 2. The lowest BCUT2D eigenvalue weighted by Gasteiger charge is -2.58. The topological polar surface area (TPSA) is 32.6 Å². The van der Waals surface area contributed by atoms with E-state index in [0.717, 1.165) is 47.6 Å². The van der Waals surface area contributed by atoms with Crippen molar-refractivity contribution in [1.29, 1.82) is 0 Å². The molecule has 0 radical (unpaired) electrons. The molecule has 1 N–H and O–H groups in total. The zero-order chi connectivity index (χ0) is 20.8. The van der Waals surface area contributed by atoms with Crippen molar-refractivity contribution in [2.24, 2.45) is 51.5 Å². The summed E-state index contributed by atoms with van der Waals surface area (Å²) in [5.41, 5.74) is 3.45. The third-order valence-electron chi connectivity index (χ3n) is 10.3. The van der Waals surface area contributed by atoms with Gasteiger partial charge in [-0.15, -0.1) is 0 Å². The van der Waals surface area contributed by atoms with Crippen LogP contribution in [-0.2, 0) is 0 Å². The standard InChI is InChI=1S/C27H45NO/c1-18(2)7-6-8-19(3)23-11-12-24-22-10-9-20-17-21(28-29)13-15-26(20,4)25(22)14-16-27(23,24)5/h17-19,22-25,29H,6-16H2,1-5H3/b28-21-/t19-,22-,23+,24-,25-,26-,27+/m0/s1. The molecular weight excluding hydrogens is 354 g/mol. The molecular formula is C27H45NO. The molecule has 2 nitrogen and oxygen atoms in total. The molecule has 164 valence electrons. The molecule has 0 unspecified atom stereocenters. The predicted molar refractivity (Wildman–Crippen MR) is 122 cm³/mol. The zero-order valence-electron chi connectivity index (χ0n) is 19.7. The summed E-state index contributed by atoms with van der Waals surface area (Å²) in [5.74, 6) is 5.43. The molecule has 0 aliphatic heterocycles. The fourth-order valence-corrected chi connectivity index (χ4v) is 8.67. The Morgan fingerprint density at radius 2 is 1.79 bits per heavy atom. The van der Waals surface area contributed by atoms with Gasteiger partial charge in [-0.05, 0) is 104 Å². The molecule has 7 atom stereocenters. The number of rotatable bonds is 5. The minimum atomic E-state index is 0.361. The minimum Gasteiger partial charge on any atom is -0.411 e. The highest BCUT2D eigenvalue weighted by atomic mass is 16.4. The lowest BCUT2D eigenvalue weighted by atomic mass is 9.46. The number of hydrogen-bond donors (Lipinski definition) is 1. The van der Waals surface area contributed by atoms with Crippen LogP contribution in [0.15, 0.2) is 16.8 Å². The van der Waals surface area contributed by atoms with Gasteiger partial charge in [0, 0.05) is 0 Å².